The standard InChI is InChI=1S/C12H26S.C12H25.2ClH.Na.H2O4S/c1-2-3-4-5-6-7-8-9-10-11-12-13;1-3-5-7-9-11-12-10-8-6-4-2;;;;1-5(2,3)4/h13H,2-12H2,1H3;1,3-12H2,2H3;2*1H;;(H2,1,2,3,4)/q;-1;;;+1;. The van der Waals surface area contributed by atoms with Crippen molar-refractivity contribution in [2.45, 2.75) is 142 Å². The topological polar surface area (TPSA) is 74.6 Å². The number of hydrogen-bond acceptors (Lipinski definition) is 3. The predicted molar refractivity (Wildman–Crippen MR) is 152 cm³/mol. The maximum atomic E-state index is 8.74. The molecule has 0 bridgehead atoms. The zero-order valence-corrected chi connectivity index (χ0v) is 27.3. The Hall–Kier alpha value is 1.80. The summed E-state index contributed by atoms with van der Waals surface area (Å²) < 4.78 is 31.6. The number of thiol groups is 1. The molecular weight excluding hydrogens is 510 g/mol. The van der Waals surface area contributed by atoms with Crippen LogP contribution in [0, 0.1) is 6.92 Å². The molecule has 0 aromatic carbocycles. The molecular formula is C24H55Cl2NaO4S2. The molecule has 0 aliphatic carbocycles. The fraction of sp³-hybridized carbons (Fsp3) is 0.958. The van der Waals surface area contributed by atoms with Crippen LogP contribution in [0.1, 0.15) is 142 Å². The Morgan fingerprint density at radius 3 is 1.00 bits per heavy atom. The van der Waals surface area contributed by atoms with Crippen LogP contribution in [0.5, 0.6) is 0 Å². The summed E-state index contributed by atoms with van der Waals surface area (Å²) in [5.74, 6) is 1.07. The zero-order valence-electron chi connectivity index (χ0n) is 21.9. The van der Waals surface area contributed by atoms with E-state index in [9.17, 15) is 0 Å². The van der Waals surface area contributed by atoms with Crippen LogP contribution < -0.4 is 29.6 Å². The molecule has 0 fully saturated rings. The predicted octanol–water partition coefficient (Wildman–Crippen LogP) is 6.77. The van der Waals surface area contributed by atoms with Gasteiger partial charge in [0.05, 0.1) is 0 Å². The van der Waals surface area contributed by atoms with Crippen LogP contribution in [0.25, 0.3) is 0 Å². The van der Waals surface area contributed by atoms with Crippen LogP contribution in [-0.4, -0.2) is 23.3 Å². The molecule has 0 radical (unpaired) electrons. The summed E-state index contributed by atoms with van der Waals surface area (Å²) in [6.45, 7) is 8.39. The zero-order chi connectivity index (χ0) is 23.3. The Labute approximate surface area is 248 Å². The Balaban J connectivity index is -0.0000000855. The van der Waals surface area contributed by atoms with E-state index in [0.29, 0.717) is 0 Å². The fourth-order valence-corrected chi connectivity index (χ4v) is 3.31. The Kier molecular flexibility index (Phi) is 63.7. The molecule has 0 aliphatic heterocycles. The second kappa shape index (κ2) is 43.8. The normalized spacial score (nSPS) is 9.76. The first-order chi connectivity index (χ1) is 14.3. The molecule has 33 heavy (non-hydrogen) atoms. The van der Waals surface area contributed by atoms with Gasteiger partial charge in [-0.05, 0) is 12.2 Å². The van der Waals surface area contributed by atoms with Crippen molar-refractivity contribution >= 4 is 47.8 Å². The second-order valence-corrected chi connectivity index (χ2v) is 9.38. The third kappa shape index (κ3) is 79.0. The van der Waals surface area contributed by atoms with Gasteiger partial charge in [-0.3, -0.25) is 9.11 Å². The van der Waals surface area contributed by atoms with Gasteiger partial charge >= 0.3 is 40.0 Å². The molecule has 9 heteroatoms. The molecule has 0 spiro atoms. The van der Waals surface area contributed by atoms with Crippen LogP contribution in [0.15, 0.2) is 0 Å². The van der Waals surface area contributed by atoms with Crippen molar-refractivity contribution in [1.82, 2.24) is 0 Å². The quantitative estimate of drug-likeness (QED) is 0.0531. The van der Waals surface area contributed by atoms with Crippen LogP contribution >= 0.6 is 37.4 Å². The minimum Gasteiger partial charge on any atom is -0.343 e. The van der Waals surface area contributed by atoms with Crippen molar-refractivity contribution in [3.63, 3.8) is 0 Å². The summed E-state index contributed by atoms with van der Waals surface area (Å²) in [6, 6.07) is 0. The second-order valence-electron chi connectivity index (χ2n) is 8.04. The first kappa shape index (κ1) is 47.9. The van der Waals surface area contributed by atoms with Crippen LogP contribution in [0.3, 0.4) is 0 Å². The number of unbranched alkanes of at least 4 members (excludes halogenated alkanes) is 18. The Morgan fingerprint density at radius 1 is 0.576 bits per heavy atom. The van der Waals surface area contributed by atoms with Crippen LogP contribution in [0.4, 0.5) is 0 Å². The average Bonchev–Trinajstić information content (AvgIpc) is 2.68. The van der Waals surface area contributed by atoms with Gasteiger partial charge in [0, 0.05) is 0 Å². The Bertz CT molecular complexity index is 363. The van der Waals surface area contributed by atoms with Crippen molar-refractivity contribution in [2.24, 2.45) is 0 Å². The van der Waals surface area contributed by atoms with Gasteiger partial charge in [-0.15, -0.1) is 24.8 Å². The minimum atomic E-state index is -4.67. The van der Waals surface area contributed by atoms with E-state index in [2.05, 4.69) is 33.4 Å². The summed E-state index contributed by atoms with van der Waals surface area (Å²) in [5.41, 5.74) is 0. The van der Waals surface area contributed by atoms with Gasteiger partial charge in [0.25, 0.3) is 0 Å². The van der Waals surface area contributed by atoms with E-state index in [4.69, 9.17) is 17.5 Å². The molecule has 0 atom stereocenters. The van der Waals surface area contributed by atoms with E-state index in [-0.39, 0.29) is 54.4 Å². The van der Waals surface area contributed by atoms with Gasteiger partial charge in [-0.25, -0.2) is 0 Å². The van der Waals surface area contributed by atoms with Crippen molar-refractivity contribution in [3.05, 3.63) is 6.92 Å². The maximum Gasteiger partial charge on any atom is 1.00 e. The van der Waals surface area contributed by atoms with Crippen molar-refractivity contribution in [3.8, 4) is 0 Å². The monoisotopic (exact) mass is 564 g/mol. The smallest absolute Gasteiger partial charge is 0.343 e. The summed E-state index contributed by atoms with van der Waals surface area (Å²) in [6.07, 6.45) is 28.1. The third-order valence-corrected chi connectivity index (χ3v) is 5.18. The molecule has 0 amide bonds. The molecule has 0 saturated heterocycles. The summed E-state index contributed by atoms with van der Waals surface area (Å²) in [4.78, 5) is 0. The minimum absolute atomic E-state index is 0. The van der Waals surface area contributed by atoms with Gasteiger partial charge in [-0.2, -0.15) is 27.5 Å². The molecule has 2 N–H and O–H groups in total. The Morgan fingerprint density at radius 2 is 0.788 bits per heavy atom. The number of halogens is 2. The summed E-state index contributed by atoms with van der Waals surface area (Å²) in [7, 11) is -4.67. The molecule has 4 nitrogen and oxygen atoms in total. The number of rotatable bonds is 19. The molecule has 0 saturated carbocycles. The maximum absolute atomic E-state index is 8.74. The fourth-order valence-electron chi connectivity index (χ4n) is 3.09. The van der Waals surface area contributed by atoms with E-state index in [1.54, 1.807) is 0 Å². The summed E-state index contributed by atoms with van der Waals surface area (Å²) in [5, 5.41) is 0. The first-order valence-corrected chi connectivity index (χ1v) is 14.5. The SMILES string of the molecule is CCCCCCCCCCCCS.Cl.Cl.O=S(=O)(O)O.[CH2-]CCCCCCCCCCC.[Na+]. The number of hydrogen-bond donors (Lipinski definition) is 3. The molecule has 202 valence electrons. The van der Waals surface area contributed by atoms with Crippen molar-refractivity contribution in [1.29, 1.82) is 0 Å². The van der Waals surface area contributed by atoms with Crippen molar-refractivity contribution in [2.75, 3.05) is 5.75 Å². The van der Waals surface area contributed by atoms with Gasteiger partial charge < -0.3 is 6.92 Å². The average molecular weight is 566 g/mol. The van der Waals surface area contributed by atoms with E-state index in [0.717, 1.165) is 12.2 Å². The molecule has 0 unspecified atom stereocenters. The van der Waals surface area contributed by atoms with E-state index < -0.39 is 10.4 Å². The van der Waals surface area contributed by atoms with Gasteiger partial charge in [-0.1, -0.05) is 129 Å². The van der Waals surface area contributed by atoms with Gasteiger partial charge in [0.2, 0.25) is 0 Å². The van der Waals surface area contributed by atoms with Gasteiger partial charge in [0.1, 0.15) is 0 Å². The molecule has 0 aliphatic rings. The molecule has 0 heterocycles. The molecule has 0 aromatic rings. The first-order valence-electron chi connectivity index (χ1n) is 12.4. The largest absolute Gasteiger partial charge is 1.00 e. The van der Waals surface area contributed by atoms with Crippen LogP contribution in [0.2, 0.25) is 0 Å². The third-order valence-electron chi connectivity index (χ3n) is 4.87. The van der Waals surface area contributed by atoms with Gasteiger partial charge in [0.15, 0.2) is 0 Å². The van der Waals surface area contributed by atoms with E-state index in [1.165, 1.54) is 122 Å². The molecule has 0 rings (SSSR count). The van der Waals surface area contributed by atoms with Crippen LogP contribution in [-0.2, 0) is 10.4 Å². The van der Waals surface area contributed by atoms with E-state index in [1.807, 2.05) is 0 Å². The molecule has 0 aromatic heterocycles. The van der Waals surface area contributed by atoms with E-state index >= 15 is 0 Å². The summed E-state index contributed by atoms with van der Waals surface area (Å²) >= 11 is 4.20. The van der Waals surface area contributed by atoms with Crippen molar-refractivity contribution < 1.29 is 47.1 Å².